The molecule has 30 heavy (non-hydrogen) atoms. The molecule has 8 nitrogen and oxygen atoms in total. The van der Waals surface area contributed by atoms with Gasteiger partial charge in [0, 0.05) is 11.7 Å². The van der Waals surface area contributed by atoms with Crippen molar-refractivity contribution in [2.24, 2.45) is 5.92 Å². The molecule has 1 aromatic rings. The average Bonchev–Trinajstić information content (AvgIpc) is 2.82. The van der Waals surface area contributed by atoms with Gasteiger partial charge in [-0.3, -0.25) is 14.9 Å². The zero-order chi connectivity index (χ0) is 22.1. The third-order valence-electron chi connectivity index (χ3n) is 5.28. The molecular weight excluding hydrogens is 408 g/mol. The fraction of sp³-hybridized carbons (Fsp3) is 0.524. The SMILES string of the molecule is COC(=O)[C@H](CS[C@]12C(=O)NC(=O)[C@H]1C[C@@H]2c1ccccc1)NC(=O)OC(C)(C)C. The van der Waals surface area contributed by atoms with Crippen LogP contribution in [-0.2, 0) is 23.9 Å². The minimum Gasteiger partial charge on any atom is -0.467 e. The number of hydrogen-bond acceptors (Lipinski definition) is 7. The molecule has 3 rings (SSSR count). The number of ether oxygens (including phenoxy) is 2. The molecule has 2 aliphatic rings. The van der Waals surface area contributed by atoms with Crippen molar-refractivity contribution in [2.75, 3.05) is 12.9 Å². The Labute approximate surface area is 179 Å². The minimum absolute atomic E-state index is 0.0620. The van der Waals surface area contributed by atoms with Crippen LogP contribution in [0.2, 0.25) is 0 Å². The number of carbonyl (C=O) groups is 4. The summed E-state index contributed by atoms with van der Waals surface area (Å²) in [4.78, 5) is 49.5. The van der Waals surface area contributed by atoms with Gasteiger partial charge in [-0.2, -0.15) is 0 Å². The highest BCUT2D eigenvalue weighted by atomic mass is 32.2. The Balaban J connectivity index is 1.79. The molecule has 0 bridgehead atoms. The van der Waals surface area contributed by atoms with Crippen molar-refractivity contribution in [1.29, 1.82) is 0 Å². The van der Waals surface area contributed by atoms with E-state index in [-0.39, 0.29) is 23.5 Å². The van der Waals surface area contributed by atoms with Crippen LogP contribution in [0.4, 0.5) is 4.79 Å². The Morgan fingerprint density at radius 2 is 1.90 bits per heavy atom. The van der Waals surface area contributed by atoms with Crippen LogP contribution in [0.15, 0.2) is 30.3 Å². The molecule has 1 aliphatic heterocycles. The van der Waals surface area contributed by atoms with Gasteiger partial charge in [-0.25, -0.2) is 9.59 Å². The zero-order valence-electron chi connectivity index (χ0n) is 17.4. The molecule has 1 heterocycles. The van der Waals surface area contributed by atoms with Crippen LogP contribution in [0.3, 0.4) is 0 Å². The van der Waals surface area contributed by atoms with Gasteiger partial charge in [-0.05, 0) is 32.8 Å². The first-order chi connectivity index (χ1) is 14.1. The molecule has 1 aromatic carbocycles. The quantitative estimate of drug-likeness (QED) is 0.520. The lowest BCUT2D eigenvalue weighted by molar-refractivity contribution is -0.142. The molecule has 162 valence electrons. The van der Waals surface area contributed by atoms with Crippen LogP contribution >= 0.6 is 11.8 Å². The lowest BCUT2D eigenvalue weighted by Gasteiger charge is -2.48. The number of rotatable bonds is 6. The van der Waals surface area contributed by atoms with Crippen molar-refractivity contribution < 1.29 is 28.7 Å². The Bertz CT molecular complexity index is 853. The summed E-state index contributed by atoms with van der Waals surface area (Å²) in [6.45, 7) is 5.14. The number of thioether (sulfide) groups is 1. The number of alkyl carbamates (subject to hydrolysis) is 1. The van der Waals surface area contributed by atoms with Crippen molar-refractivity contribution in [2.45, 2.75) is 49.5 Å². The third kappa shape index (κ3) is 4.16. The predicted octanol–water partition coefficient (Wildman–Crippen LogP) is 1.98. The first-order valence-electron chi connectivity index (χ1n) is 9.70. The Morgan fingerprint density at radius 3 is 2.47 bits per heavy atom. The van der Waals surface area contributed by atoms with Crippen LogP contribution in [0.1, 0.15) is 38.7 Å². The van der Waals surface area contributed by atoms with E-state index in [4.69, 9.17) is 9.47 Å². The van der Waals surface area contributed by atoms with Crippen molar-refractivity contribution in [1.82, 2.24) is 10.6 Å². The molecule has 0 spiro atoms. The normalized spacial score (nSPS) is 26.1. The van der Waals surface area contributed by atoms with Crippen LogP contribution in [0.5, 0.6) is 0 Å². The summed E-state index contributed by atoms with van der Waals surface area (Å²) in [7, 11) is 1.22. The lowest BCUT2D eigenvalue weighted by Crippen LogP contribution is -2.56. The zero-order valence-corrected chi connectivity index (χ0v) is 18.2. The molecule has 9 heteroatoms. The highest BCUT2D eigenvalue weighted by Crippen LogP contribution is 2.60. The van der Waals surface area contributed by atoms with Crippen molar-refractivity contribution in [3.63, 3.8) is 0 Å². The van der Waals surface area contributed by atoms with E-state index in [2.05, 4.69) is 10.6 Å². The van der Waals surface area contributed by atoms with Crippen molar-refractivity contribution >= 4 is 35.6 Å². The fourth-order valence-corrected chi connectivity index (χ4v) is 5.58. The van der Waals surface area contributed by atoms with E-state index >= 15 is 0 Å². The number of benzene rings is 1. The topological polar surface area (TPSA) is 111 Å². The number of amides is 3. The van der Waals surface area contributed by atoms with Gasteiger partial charge < -0.3 is 14.8 Å². The maximum absolute atomic E-state index is 12.8. The van der Waals surface area contributed by atoms with Crippen LogP contribution in [0, 0.1) is 5.92 Å². The third-order valence-corrected chi connectivity index (χ3v) is 7.01. The van der Waals surface area contributed by atoms with Gasteiger partial charge >= 0.3 is 12.1 Å². The van der Waals surface area contributed by atoms with Gasteiger partial charge in [-0.15, -0.1) is 11.8 Å². The number of fused-ring (bicyclic) bond motifs is 1. The summed E-state index contributed by atoms with van der Waals surface area (Å²) < 4.78 is 9.02. The Morgan fingerprint density at radius 1 is 1.23 bits per heavy atom. The summed E-state index contributed by atoms with van der Waals surface area (Å²) in [5, 5.41) is 4.94. The molecule has 1 aliphatic carbocycles. The number of nitrogens with one attached hydrogen (secondary N) is 2. The van der Waals surface area contributed by atoms with E-state index in [1.807, 2.05) is 30.3 Å². The molecule has 0 radical (unpaired) electrons. The fourth-order valence-electron chi connectivity index (χ4n) is 3.90. The second-order valence-corrected chi connectivity index (χ2v) is 9.69. The van der Waals surface area contributed by atoms with E-state index < -0.39 is 34.4 Å². The number of hydrogen-bond donors (Lipinski definition) is 2. The van der Waals surface area contributed by atoms with E-state index in [1.165, 1.54) is 18.9 Å². The molecule has 3 amide bonds. The van der Waals surface area contributed by atoms with Gasteiger partial charge in [0.15, 0.2) is 0 Å². The highest BCUT2D eigenvalue weighted by molar-refractivity contribution is 8.01. The first kappa shape index (κ1) is 22.1. The Hall–Kier alpha value is -2.55. The molecule has 1 saturated carbocycles. The van der Waals surface area contributed by atoms with Crippen molar-refractivity contribution in [3.8, 4) is 0 Å². The molecule has 0 unspecified atom stereocenters. The van der Waals surface area contributed by atoms with Crippen molar-refractivity contribution in [3.05, 3.63) is 35.9 Å². The summed E-state index contributed by atoms with van der Waals surface area (Å²) in [6.07, 6.45) is -0.204. The van der Waals surface area contributed by atoms with Gasteiger partial charge in [-0.1, -0.05) is 30.3 Å². The van der Waals surface area contributed by atoms with Gasteiger partial charge in [0.25, 0.3) is 0 Å². The van der Waals surface area contributed by atoms with E-state index in [9.17, 15) is 19.2 Å². The number of methoxy groups -OCH3 is 1. The minimum atomic E-state index is -1.02. The largest absolute Gasteiger partial charge is 0.467 e. The maximum Gasteiger partial charge on any atom is 0.408 e. The van der Waals surface area contributed by atoms with E-state index in [0.717, 1.165) is 5.56 Å². The molecule has 0 aromatic heterocycles. The molecule has 2 fully saturated rings. The smallest absolute Gasteiger partial charge is 0.408 e. The summed E-state index contributed by atoms with van der Waals surface area (Å²) >= 11 is 1.20. The van der Waals surface area contributed by atoms with Crippen LogP contribution in [0.25, 0.3) is 0 Å². The first-order valence-corrected chi connectivity index (χ1v) is 10.7. The molecule has 1 saturated heterocycles. The monoisotopic (exact) mass is 434 g/mol. The van der Waals surface area contributed by atoms with Gasteiger partial charge in [0.2, 0.25) is 11.8 Å². The lowest BCUT2D eigenvalue weighted by atomic mass is 9.62. The average molecular weight is 435 g/mol. The standard InChI is InChI=1S/C21H26N2O6S/c1-20(2,3)29-19(27)22-15(17(25)28-4)11-30-21-13(12-8-6-5-7-9-12)10-14(21)16(24)23-18(21)26/h5-9,13-15H,10-11H2,1-4H3,(H,22,27)(H,23,24,26)/t13-,14-,15+,21+/m1/s1. The maximum atomic E-state index is 12.8. The van der Waals surface area contributed by atoms with Gasteiger partial charge in [0.05, 0.1) is 13.0 Å². The van der Waals surface area contributed by atoms with Crippen LogP contribution in [-0.4, -0.2) is 53.1 Å². The van der Waals surface area contributed by atoms with Crippen LogP contribution < -0.4 is 10.6 Å². The second kappa shape index (κ2) is 8.29. The number of carbonyl (C=O) groups excluding carboxylic acids is 4. The van der Waals surface area contributed by atoms with Gasteiger partial charge in [0.1, 0.15) is 16.4 Å². The molecular formula is C21H26N2O6S. The van der Waals surface area contributed by atoms with E-state index in [0.29, 0.717) is 6.42 Å². The van der Waals surface area contributed by atoms with E-state index in [1.54, 1.807) is 20.8 Å². The molecule has 2 N–H and O–H groups in total. The number of imide groups is 1. The summed E-state index contributed by atoms with van der Waals surface area (Å²) in [5.41, 5.74) is 0.229. The highest BCUT2D eigenvalue weighted by Gasteiger charge is 2.68. The molecule has 4 atom stereocenters. The number of esters is 1. The Kier molecular flexibility index (Phi) is 6.12. The summed E-state index contributed by atoms with van der Waals surface area (Å²) in [6, 6.07) is 8.49. The summed E-state index contributed by atoms with van der Waals surface area (Å²) in [5.74, 6) is -1.88. The second-order valence-electron chi connectivity index (χ2n) is 8.40. The predicted molar refractivity (Wildman–Crippen MR) is 111 cm³/mol.